The van der Waals surface area contributed by atoms with Crippen molar-refractivity contribution in [1.82, 2.24) is 4.90 Å². The van der Waals surface area contributed by atoms with Crippen molar-refractivity contribution in [2.45, 2.75) is 142 Å². The third-order valence-corrected chi connectivity index (χ3v) is 20.7. The number of nitrogens with zero attached hydrogens (tertiary/aromatic N) is 1. The smallest absolute Gasteiger partial charge is 0.224 e. The molecule has 5 nitrogen and oxygen atoms in total. The summed E-state index contributed by atoms with van der Waals surface area (Å²) in [6, 6.07) is 0. The molecular weight excluding hydrogens is 579 g/mol. The highest BCUT2D eigenvalue weighted by Crippen LogP contribution is 2.55. The molecule has 2 fully saturated rings. The number of carbonyl (C=O) groups excluding carboxylic acids is 1. The van der Waals surface area contributed by atoms with Crippen LogP contribution in [0.1, 0.15) is 93.4 Å². The molecule has 1 amide bonds. The van der Waals surface area contributed by atoms with E-state index in [4.69, 9.17) is 13.6 Å². The number of hydrogen-bond donors (Lipinski definition) is 0. The molecule has 3 rings (SSSR count). The fourth-order valence-electron chi connectivity index (χ4n) is 6.46. The van der Waals surface area contributed by atoms with Crippen LogP contribution in [0.3, 0.4) is 0 Å². The van der Waals surface area contributed by atoms with Gasteiger partial charge in [0.2, 0.25) is 5.91 Å². The van der Waals surface area contributed by atoms with E-state index in [1.54, 1.807) is 24.6 Å². The molecule has 7 heteroatoms. The van der Waals surface area contributed by atoms with Crippen molar-refractivity contribution in [3.8, 4) is 0 Å². The first-order valence-electron chi connectivity index (χ1n) is 17.0. The van der Waals surface area contributed by atoms with Gasteiger partial charge < -0.3 is 18.5 Å². The van der Waals surface area contributed by atoms with Crippen LogP contribution < -0.4 is 0 Å². The summed E-state index contributed by atoms with van der Waals surface area (Å²) in [6.45, 7) is 31.5. The first-order chi connectivity index (χ1) is 20.1. The monoisotopic (exact) mass is 643 g/mol. The molecule has 0 N–H and O–H groups in total. The summed E-state index contributed by atoms with van der Waals surface area (Å²) in [5.41, 5.74) is 5.52. The van der Waals surface area contributed by atoms with Crippen LogP contribution in [0.5, 0.6) is 0 Å². The van der Waals surface area contributed by atoms with Crippen LogP contribution in [0.4, 0.5) is 0 Å². The third-order valence-electron chi connectivity index (χ3n) is 11.7. The Labute approximate surface area is 272 Å². The van der Waals surface area contributed by atoms with Gasteiger partial charge in [0.25, 0.3) is 0 Å². The molecule has 0 aliphatic heterocycles. The minimum atomic E-state index is -1.99. The van der Waals surface area contributed by atoms with Gasteiger partial charge in [0.1, 0.15) is 0 Å². The minimum absolute atomic E-state index is 0.00282. The first-order valence-corrected chi connectivity index (χ1v) is 22.8. The van der Waals surface area contributed by atoms with E-state index in [-0.39, 0.29) is 33.6 Å². The molecule has 250 valence electrons. The Kier molecular flexibility index (Phi) is 11.7. The summed E-state index contributed by atoms with van der Waals surface area (Å²) in [7, 11) is -0.342. The van der Waals surface area contributed by atoms with Gasteiger partial charge in [-0.2, -0.15) is 0 Å². The Morgan fingerprint density at radius 3 is 2.25 bits per heavy atom. The average molecular weight is 644 g/mol. The third kappa shape index (κ3) is 8.55. The molecule has 0 radical (unpaired) electrons. The van der Waals surface area contributed by atoms with E-state index in [2.05, 4.69) is 99.5 Å². The molecule has 0 aromatic heterocycles. The summed E-state index contributed by atoms with van der Waals surface area (Å²) < 4.78 is 20.1. The van der Waals surface area contributed by atoms with Crippen molar-refractivity contribution >= 4 is 22.5 Å². The van der Waals surface area contributed by atoms with Crippen molar-refractivity contribution in [1.29, 1.82) is 0 Å². The molecule has 44 heavy (non-hydrogen) atoms. The molecule has 0 heterocycles. The maximum atomic E-state index is 12.0. The summed E-state index contributed by atoms with van der Waals surface area (Å²) in [5, 5.41) is 0.298. The van der Waals surface area contributed by atoms with E-state index in [9.17, 15) is 4.79 Å². The number of amides is 1. The first kappa shape index (κ1) is 37.2. The Bertz CT molecular complexity index is 1150. The van der Waals surface area contributed by atoms with Gasteiger partial charge in [-0.25, -0.2) is 0 Å². The van der Waals surface area contributed by atoms with E-state index < -0.39 is 16.6 Å². The number of allylic oxidation sites excluding steroid dienone is 4. The van der Waals surface area contributed by atoms with Gasteiger partial charge in [0.05, 0.1) is 31.8 Å². The second kappa shape index (κ2) is 13.8. The van der Waals surface area contributed by atoms with Crippen LogP contribution in [0, 0.1) is 11.3 Å². The number of carbonyl (C=O) groups is 1. The van der Waals surface area contributed by atoms with Crippen molar-refractivity contribution in [3.63, 3.8) is 0 Å². The minimum Gasteiger partial charge on any atom is -0.413 e. The van der Waals surface area contributed by atoms with Crippen LogP contribution in [0.25, 0.3) is 0 Å². The molecule has 0 saturated heterocycles. The molecule has 2 saturated carbocycles. The predicted octanol–water partition coefficient (Wildman–Crippen LogP) is 9.60. The second-order valence-electron chi connectivity index (χ2n) is 17.1. The number of rotatable bonds is 10. The van der Waals surface area contributed by atoms with Crippen LogP contribution in [-0.2, 0) is 18.4 Å². The fraction of sp³-hybridized carbons (Fsp3) is 0.757. The van der Waals surface area contributed by atoms with Crippen molar-refractivity contribution in [3.05, 3.63) is 47.1 Å². The van der Waals surface area contributed by atoms with Gasteiger partial charge in [-0.15, -0.1) is 0 Å². The van der Waals surface area contributed by atoms with Crippen molar-refractivity contribution in [2.75, 3.05) is 27.3 Å². The Morgan fingerprint density at radius 1 is 1.05 bits per heavy atom. The Hall–Kier alpha value is -1.26. The van der Waals surface area contributed by atoms with Crippen molar-refractivity contribution < 1.29 is 18.4 Å². The van der Waals surface area contributed by atoms with Crippen LogP contribution in [0.15, 0.2) is 47.1 Å². The van der Waals surface area contributed by atoms with Crippen molar-refractivity contribution in [2.24, 2.45) is 11.3 Å². The normalized spacial score (nSPS) is 28.8. The van der Waals surface area contributed by atoms with Gasteiger partial charge in [-0.1, -0.05) is 78.8 Å². The maximum Gasteiger partial charge on any atom is 0.224 e. The largest absolute Gasteiger partial charge is 0.413 e. The Balaban J connectivity index is 1.82. The maximum absolute atomic E-state index is 12.0. The molecular formula is C37H65NO4Si2. The molecule has 0 bridgehead atoms. The van der Waals surface area contributed by atoms with E-state index >= 15 is 0 Å². The van der Waals surface area contributed by atoms with Gasteiger partial charge in [-0.05, 0) is 96.4 Å². The number of fused-ring (bicyclic) bond motifs is 1. The molecule has 0 aromatic carbocycles. The number of hydrogen-bond acceptors (Lipinski definition) is 4. The van der Waals surface area contributed by atoms with E-state index in [1.807, 2.05) is 0 Å². The summed E-state index contributed by atoms with van der Waals surface area (Å²) in [5.74, 6) is 0.620. The highest BCUT2D eigenvalue weighted by Gasteiger charge is 2.46. The molecule has 0 unspecified atom stereocenters. The quantitative estimate of drug-likeness (QED) is 0.135. The molecule has 3 aliphatic rings. The molecule has 0 spiro atoms. The number of ether oxygens (including phenoxy) is 1. The topological polar surface area (TPSA) is 48.0 Å². The van der Waals surface area contributed by atoms with Gasteiger partial charge in [0.15, 0.2) is 16.6 Å². The Morgan fingerprint density at radius 2 is 1.66 bits per heavy atom. The molecule has 3 aliphatic carbocycles. The van der Waals surface area contributed by atoms with Crippen LogP contribution in [-0.4, -0.2) is 67.0 Å². The molecule has 0 aromatic rings. The lowest BCUT2D eigenvalue weighted by Crippen LogP contribution is -2.49. The lowest BCUT2D eigenvalue weighted by Gasteiger charge is -2.45. The van der Waals surface area contributed by atoms with E-state index in [1.165, 1.54) is 24.0 Å². The predicted molar refractivity (Wildman–Crippen MR) is 191 cm³/mol. The highest BCUT2D eigenvalue weighted by atomic mass is 28.4. The fourth-order valence-corrected chi connectivity index (χ4v) is 9.13. The van der Waals surface area contributed by atoms with Gasteiger partial charge in [0, 0.05) is 20.5 Å². The average Bonchev–Trinajstić information content (AvgIpc) is 3.22. The zero-order chi connectivity index (χ0) is 33.3. The summed E-state index contributed by atoms with van der Waals surface area (Å²) in [6.07, 6.45) is 14.2. The zero-order valence-corrected chi connectivity index (χ0v) is 32.6. The SMILES string of the molecule is C=C1C(=CC=C2CCC[C@]3(C)C(COCCC(=O)N(C)C)=CC[C@@H]23)C[C@@H](O[Si](C)(C)C(C)(C)C)C[C@@H]1O[Si](C)(C)C(C)(C)C. The second-order valence-corrected chi connectivity index (χ2v) is 26.7. The lowest BCUT2D eigenvalue weighted by molar-refractivity contribution is -0.129. The lowest BCUT2D eigenvalue weighted by atomic mass is 9.64. The zero-order valence-electron chi connectivity index (χ0n) is 30.6. The van der Waals surface area contributed by atoms with Gasteiger partial charge in [-0.3, -0.25) is 4.79 Å². The molecule has 4 atom stereocenters. The summed E-state index contributed by atoms with van der Waals surface area (Å²) >= 11 is 0. The van der Waals surface area contributed by atoms with E-state index in [0.717, 1.165) is 31.3 Å². The van der Waals surface area contributed by atoms with Crippen LogP contribution >= 0.6 is 0 Å². The highest BCUT2D eigenvalue weighted by molar-refractivity contribution is 6.74. The summed E-state index contributed by atoms with van der Waals surface area (Å²) in [4.78, 5) is 13.6. The standard InChI is InChI=1S/C37H65NO4Si2/c1-27-29(24-31(41-43(11,12)35(2,3)4)25-33(27)42-44(13,14)36(5,6)7)18-17-28-16-15-22-37(8)30(19-20-32(28)37)26-40-23-21-34(39)38(9)10/h17-19,31-33H,1,15-16,20-26H2,2-14H3/t31-,32+,33+,37-/m1/s1. The van der Waals surface area contributed by atoms with E-state index in [0.29, 0.717) is 25.6 Å². The van der Waals surface area contributed by atoms with Crippen LogP contribution in [0.2, 0.25) is 36.3 Å². The van der Waals surface area contributed by atoms with Gasteiger partial charge >= 0.3 is 0 Å².